The fraction of sp³-hybridized carbons (Fsp3) is 0.261. The van der Waals surface area contributed by atoms with Crippen LogP contribution in [0, 0.1) is 0 Å². The molecule has 0 aliphatic carbocycles. The lowest BCUT2D eigenvalue weighted by molar-refractivity contribution is -0.129. The monoisotopic (exact) mass is 396 g/mol. The quantitative estimate of drug-likeness (QED) is 0.623. The van der Waals surface area contributed by atoms with Gasteiger partial charge in [-0.1, -0.05) is 41.9 Å². The predicted octanol–water partition coefficient (Wildman–Crippen LogP) is 4.81. The normalized spacial score (nSPS) is 12.0. The third-order valence-electron chi connectivity index (χ3n) is 4.87. The van der Waals surface area contributed by atoms with Crippen LogP contribution in [0.15, 0.2) is 60.7 Å². The van der Waals surface area contributed by atoms with E-state index in [1.807, 2.05) is 62.5 Å². The van der Waals surface area contributed by atoms with Gasteiger partial charge in [0.05, 0.1) is 13.7 Å². The molecule has 146 valence electrons. The van der Waals surface area contributed by atoms with Crippen LogP contribution >= 0.6 is 11.6 Å². The second kappa shape index (κ2) is 9.09. The van der Waals surface area contributed by atoms with Gasteiger partial charge in [0.2, 0.25) is 5.91 Å². The van der Waals surface area contributed by atoms with Gasteiger partial charge in [-0.15, -0.1) is 0 Å². The van der Waals surface area contributed by atoms with Crippen LogP contribution in [-0.2, 0) is 11.3 Å². The maximum absolute atomic E-state index is 12.5. The number of nitrogens with one attached hydrogen (secondary N) is 1. The highest BCUT2D eigenvalue weighted by Gasteiger charge is 2.12. The summed E-state index contributed by atoms with van der Waals surface area (Å²) in [7, 11) is 3.49. The molecule has 5 heteroatoms. The van der Waals surface area contributed by atoms with Crippen molar-refractivity contribution in [2.75, 3.05) is 20.7 Å². The maximum Gasteiger partial charge on any atom is 0.236 e. The third kappa shape index (κ3) is 5.03. The van der Waals surface area contributed by atoms with Crippen LogP contribution < -0.4 is 10.1 Å². The number of hydrogen-bond acceptors (Lipinski definition) is 3. The standard InChI is InChI=1S/C23H25ClN2O2/c1-16(18-5-4-6-21(24)12-18)25-14-23(27)26(2)15-17-7-8-20-13-22(28-3)10-9-19(20)11-17/h4-13,16,25H,14-15H2,1-3H3/t16-/m0/s1. The highest BCUT2D eigenvalue weighted by Crippen LogP contribution is 2.22. The number of ether oxygens (including phenoxy) is 1. The summed E-state index contributed by atoms with van der Waals surface area (Å²) in [6.45, 7) is 2.86. The zero-order valence-corrected chi connectivity index (χ0v) is 17.2. The molecule has 28 heavy (non-hydrogen) atoms. The zero-order valence-electron chi connectivity index (χ0n) is 16.4. The highest BCUT2D eigenvalue weighted by molar-refractivity contribution is 6.30. The topological polar surface area (TPSA) is 41.6 Å². The van der Waals surface area contributed by atoms with Crippen LogP contribution in [0.4, 0.5) is 0 Å². The fourth-order valence-corrected chi connectivity index (χ4v) is 3.33. The van der Waals surface area contributed by atoms with Crippen molar-refractivity contribution in [3.8, 4) is 5.75 Å². The summed E-state index contributed by atoms with van der Waals surface area (Å²) < 4.78 is 5.27. The number of methoxy groups -OCH3 is 1. The van der Waals surface area contributed by atoms with E-state index in [-0.39, 0.29) is 18.5 Å². The number of hydrogen-bond donors (Lipinski definition) is 1. The van der Waals surface area contributed by atoms with E-state index in [0.717, 1.165) is 27.6 Å². The minimum Gasteiger partial charge on any atom is -0.497 e. The first-order chi connectivity index (χ1) is 13.5. The van der Waals surface area contributed by atoms with Gasteiger partial charge in [0.25, 0.3) is 0 Å². The average molecular weight is 397 g/mol. The van der Waals surface area contributed by atoms with Gasteiger partial charge in [-0.2, -0.15) is 0 Å². The lowest BCUT2D eigenvalue weighted by Gasteiger charge is -2.20. The number of halogens is 1. The molecule has 0 unspecified atom stereocenters. The summed E-state index contributed by atoms with van der Waals surface area (Å²) in [5, 5.41) is 6.22. The van der Waals surface area contributed by atoms with Crippen LogP contribution in [0.3, 0.4) is 0 Å². The Morgan fingerprint density at radius 2 is 1.86 bits per heavy atom. The maximum atomic E-state index is 12.5. The van der Waals surface area contributed by atoms with Crippen molar-refractivity contribution in [1.29, 1.82) is 0 Å². The van der Waals surface area contributed by atoms with Crippen LogP contribution in [0.1, 0.15) is 24.1 Å². The van der Waals surface area contributed by atoms with Crippen LogP contribution in [0.2, 0.25) is 5.02 Å². The first-order valence-corrected chi connectivity index (χ1v) is 9.63. The molecule has 3 rings (SSSR count). The predicted molar refractivity (Wildman–Crippen MR) is 115 cm³/mol. The number of benzene rings is 3. The SMILES string of the molecule is COc1ccc2cc(CN(C)C(=O)CN[C@@H](C)c3cccc(Cl)c3)ccc2c1. The largest absolute Gasteiger partial charge is 0.497 e. The summed E-state index contributed by atoms with van der Waals surface area (Å²) in [5.74, 6) is 0.885. The number of fused-ring (bicyclic) bond motifs is 1. The highest BCUT2D eigenvalue weighted by atomic mass is 35.5. The van der Waals surface area contributed by atoms with Crippen molar-refractivity contribution in [2.45, 2.75) is 19.5 Å². The second-order valence-electron chi connectivity index (χ2n) is 6.95. The van der Waals surface area contributed by atoms with Gasteiger partial charge < -0.3 is 15.0 Å². The first-order valence-electron chi connectivity index (χ1n) is 9.26. The number of nitrogens with zero attached hydrogens (tertiary/aromatic N) is 1. The molecule has 0 aliphatic heterocycles. The smallest absolute Gasteiger partial charge is 0.236 e. The molecule has 0 spiro atoms. The summed E-state index contributed by atoms with van der Waals surface area (Å²) in [6, 6.07) is 19.9. The molecule has 3 aromatic carbocycles. The average Bonchev–Trinajstić information content (AvgIpc) is 2.71. The van der Waals surface area contributed by atoms with E-state index in [0.29, 0.717) is 11.6 Å². The van der Waals surface area contributed by atoms with Crippen molar-refractivity contribution in [3.05, 3.63) is 76.8 Å². The van der Waals surface area contributed by atoms with Crippen molar-refractivity contribution in [2.24, 2.45) is 0 Å². The molecule has 1 N–H and O–H groups in total. The van der Waals surface area contributed by atoms with E-state index in [1.54, 1.807) is 12.0 Å². The molecule has 4 nitrogen and oxygen atoms in total. The van der Waals surface area contributed by atoms with Crippen molar-refractivity contribution in [1.82, 2.24) is 10.2 Å². The molecule has 0 radical (unpaired) electrons. The Bertz CT molecular complexity index is 974. The molecule has 0 bridgehead atoms. The second-order valence-corrected chi connectivity index (χ2v) is 7.39. The van der Waals surface area contributed by atoms with Gasteiger partial charge in [0.1, 0.15) is 5.75 Å². The van der Waals surface area contributed by atoms with Crippen molar-refractivity contribution < 1.29 is 9.53 Å². The Morgan fingerprint density at radius 1 is 1.11 bits per heavy atom. The molecule has 1 amide bonds. The molecule has 0 aliphatic rings. The summed E-state index contributed by atoms with van der Waals surface area (Å²) in [4.78, 5) is 14.3. The number of likely N-dealkylation sites (N-methyl/N-ethyl adjacent to an activating group) is 1. The summed E-state index contributed by atoms with van der Waals surface area (Å²) in [5.41, 5.74) is 2.16. The van der Waals surface area contributed by atoms with E-state index in [1.165, 1.54) is 0 Å². The van der Waals surface area contributed by atoms with E-state index in [4.69, 9.17) is 16.3 Å². The van der Waals surface area contributed by atoms with Crippen LogP contribution in [-0.4, -0.2) is 31.5 Å². The van der Waals surface area contributed by atoms with Gasteiger partial charge in [-0.3, -0.25) is 4.79 Å². The first kappa shape index (κ1) is 20.2. The Morgan fingerprint density at radius 3 is 2.61 bits per heavy atom. The number of rotatable bonds is 7. The Balaban J connectivity index is 1.58. The molecule has 0 saturated heterocycles. The lowest BCUT2D eigenvalue weighted by atomic mass is 10.1. The number of amides is 1. The molecular weight excluding hydrogens is 372 g/mol. The van der Waals surface area contributed by atoms with E-state index >= 15 is 0 Å². The number of carbonyl (C=O) groups excluding carboxylic acids is 1. The molecule has 1 atom stereocenters. The van der Waals surface area contributed by atoms with E-state index in [2.05, 4.69) is 17.4 Å². The van der Waals surface area contributed by atoms with E-state index < -0.39 is 0 Å². The van der Waals surface area contributed by atoms with Crippen molar-refractivity contribution >= 4 is 28.3 Å². The Kier molecular flexibility index (Phi) is 6.55. The van der Waals surface area contributed by atoms with Gasteiger partial charge in [-0.25, -0.2) is 0 Å². The number of carbonyl (C=O) groups is 1. The lowest BCUT2D eigenvalue weighted by Crippen LogP contribution is -2.36. The summed E-state index contributed by atoms with van der Waals surface area (Å²) >= 11 is 6.04. The third-order valence-corrected chi connectivity index (χ3v) is 5.10. The van der Waals surface area contributed by atoms with Crippen molar-refractivity contribution in [3.63, 3.8) is 0 Å². The van der Waals surface area contributed by atoms with Gasteiger partial charge in [0, 0.05) is 24.7 Å². The molecular formula is C23H25ClN2O2. The molecule has 0 fully saturated rings. The molecule has 3 aromatic rings. The van der Waals surface area contributed by atoms with Gasteiger partial charge in [-0.05, 0) is 59.2 Å². The summed E-state index contributed by atoms with van der Waals surface area (Å²) in [6.07, 6.45) is 0. The fourth-order valence-electron chi connectivity index (χ4n) is 3.13. The van der Waals surface area contributed by atoms with Crippen LogP contribution in [0.25, 0.3) is 10.8 Å². The van der Waals surface area contributed by atoms with Gasteiger partial charge >= 0.3 is 0 Å². The molecule has 0 heterocycles. The van der Waals surface area contributed by atoms with Gasteiger partial charge in [0.15, 0.2) is 0 Å². The molecule has 0 saturated carbocycles. The van der Waals surface area contributed by atoms with E-state index in [9.17, 15) is 4.79 Å². The molecule has 0 aromatic heterocycles. The Hall–Kier alpha value is -2.56. The van der Waals surface area contributed by atoms with Crippen LogP contribution in [0.5, 0.6) is 5.75 Å². The minimum atomic E-state index is 0.0451. The Labute approximate surface area is 171 Å². The zero-order chi connectivity index (χ0) is 20.1. The minimum absolute atomic E-state index is 0.0451.